The van der Waals surface area contributed by atoms with Crippen LogP contribution in [0.5, 0.6) is 5.75 Å². The van der Waals surface area contributed by atoms with Crippen molar-refractivity contribution in [1.82, 2.24) is 10.2 Å². The van der Waals surface area contributed by atoms with Gasteiger partial charge in [0.1, 0.15) is 11.8 Å². The number of hydrogen-bond donors (Lipinski definition) is 1. The molecule has 0 aromatic heterocycles. The van der Waals surface area contributed by atoms with E-state index in [0.29, 0.717) is 32.4 Å². The van der Waals surface area contributed by atoms with E-state index in [4.69, 9.17) is 4.74 Å². The average Bonchev–Trinajstić information content (AvgIpc) is 2.89. The largest absolute Gasteiger partial charge is 0.497 e. The van der Waals surface area contributed by atoms with Crippen LogP contribution in [0.3, 0.4) is 0 Å². The summed E-state index contributed by atoms with van der Waals surface area (Å²) in [5, 5.41) is 2.89. The molecule has 2 amide bonds. The summed E-state index contributed by atoms with van der Waals surface area (Å²) < 4.78 is 5.26. The molecule has 3 aromatic carbocycles. The lowest BCUT2D eigenvalue weighted by atomic mass is 10.0. The maximum Gasteiger partial charge on any atom is 0.243 e. The quantitative estimate of drug-likeness (QED) is 0.406. The fraction of sp³-hybridized carbons (Fsp3) is 0.241. The molecule has 3 rings (SSSR count). The van der Waals surface area contributed by atoms with Gasteiger partial charge >= 0.3 is 0 Å². The molecule has 5 nitrogen and oxygen atoms in total. The first-order valence-electron chi connectivity index (χ1n) is 11.5. The Balaban J connectivity index is 1.88. The molecule has 0 fully saturated rings. The van der Waals surface area contributed by atoms with Crippen molar-refractivity contribution < 1.29 is 14.3 Å². The van der Waals surface area contributed by atoms with Gasteiger partial charge in [-0.3, -0.25) is 9.59 Å². The van der Waals surface area contributed by atoms with E-state index in [9.17, 15) is 9.59 Å². The highest BCUT2D eigenvalue weighted by Gasteiger charge is 2.30. The summed E-state index contributed by atoms with van der Waals surface area (Å²) in [6.45, 7) is 4.37. The molecule has 0 aliphatic carbocycles. The lowest BCUT2D eigenvalue weighted by molar-refractivity contribution is -0.141. The van der Waals surface area contributed by atoms with Crippen LogP contribution >= 0.6 is 0 Å². The molecule has 34 heavy (non-hydrogen) atoms. The first-order chi connectivity index (χ1) is 16.6. The van der Waals surface area contributed by atoms with Crippen LogP contribution in [-0.2, 0) is 29.0 Å². The molecule has 1 unspecified atom stereocenters. The molecule has 5 heteroatoms. The van der Waals surface area contributed by atoms with Crippen LogP contribution in [0.25, 0.3) is 0 Å². The molecule has 0 spiro atoms. The molecule has 0 saturated carbocycles. The number of nitrogens with zero attached hydrogens (tertiary/aromatic N) is 1. The van der Waals surface area contributed by atoms with Gasteiger partial charge in [-0.2, -0.15) is 0 Å². The zero-order chi connectivity index (χ0) is 24.2. The van der Waals surface area contributed by atoms with Crippen molar-refractivity contribution in [3.8, 4) is 5.75 Å². The van der Waals surface area contributed by atoms with Crippen LogP contribution in [-0.4, -0.2) is 36.4 Å². The number of methoxy groups -OCH3 is 1. The van der Waals surface area contributed by atoms with Gasteiger partial charge in [-0.15, -0.1) is 6.58 Å². The zero-order valence-electron chi connectivity index (χ0n) is 19.7. The van der Waals surface area contributed by atoms with Crippen LogP contribution in [0.15, 0.2) is 97.6 Å². The standard InChI is InChI=1S/C29H32N2O3/c1-3-20-30-29(33)27(21-24-12-8-5-9-13-24)31(22-25-14-17-26(34-2)18-15-25)28(32)19-16-23-10-6-4-7-11-23/h3-15,17-18,27H,1,16,19-22H2,2H3,(H,30,33). The summed E-state index contributed by atoms with van der Waals surface area (Å²) in [6.07, 6.45) is 3.00. The van der Waals surface area contributed by atoms with Crippen LogP contribution in [0, 0.1) is 0 Å². The predicted octanol–water partition coefficient (Wildman–Crippen LogP) is 4.57. The Morgan fingerprint density at radius 3 is 2.12 bits per heavy atom. The van der Waals surface area contributed by atoms with Crippen molar-refractivity contribution in [3.05, 3.63) is 114 Å². The van der Waals surface area contributed by atoms with Gasteiger partial charge in [0.15, 0.2) is 0 Å². The van der Waals surface area contributed by atoms with E-state index in [2.05, 4.69) is 11.9 Å². The normalized spacial score (nSPS) is 11.3. The first-order valence-corrected chi connectivity index (χ1v) is 11.5. The highest BCUT2D eigenvalue weighted by Crippen LogP contribution is 2.19. The lowest BCUT2D eigenvalue weighted by Gasteiger charge is -2.31. The number of hydrogen-bond acceptors (Lipinski definition) is 3. The Morgan fingerprint density at radius 2 is 1.53 bits per heavy atom. The van der Waals surface area contributed by atoms with E-state index in [1.165, 1.54) is 0 Å². The summed E-state index contributed by atoms with van der Waals surface area (Å²) in [6, 6.07) is 26.7. The second-order valence-electron chi connectivity index (χ2n) is 8.09. The fourth-order valence-corrected chi connectivity index (χ4v) is 3.81. The van der Waals surface area contributed by atoms with Crippen molar-refractivity contribution in [2.24, 2.45) is 0 Å². The molecule has 0 heterocycles. The molecule has 0 bridgehead atoms. The number of ether oxygens (including phenoxy) is 1. The molecular formula is C29H32N2O3. The third kappa shape index (κ3) is 7.34. The Morgan fingerprint density at radius 1 is 0.912 bits per heavy atom. The van der Waals surface area contributed by atoms with Gasteiger partial charge in [-0.1, -0.05) is 78.9 Å². The molecule has 1 N–H and O–H groups in total. The van der Waals surface area contributed by atoms with Gasteiger partial charge in [-0.25, -0.2) is 0 Å². The van der Waals surface area contributed by atoms with Gasteiger partial charge < -0.3 is 15.0 Å². The minimum atomic E-state index is -0.646. The number of benzene rings is 3. The Hall–Kier alpha value is -3.86. The van der Waals surface area contributed by atoms with Crippen LogP contribution in [0.1, 0.15) is 23.1 Å². The summed E-state index contributed by atoms with van der Waals surface area (Å²) in [5.74, 6) is 0.495. The fourth-order valence-electron chi connectivity index (χ4n) is 3.81. The van der Waals surface area contributed by atoms with E-state index >= 15 is 0 Å². The number of aryl methyl sites for hydroxylation is 1. The van der Waals surface area contributed by atoms with Gasteiger partial charge in [-0.05, 0) is 35.2 Å². The highest BCUT2D eigenvalue weighted by atomic mass is 16.5. The third-order valence-electron chi connectivity index (χ3n) is 5.67. The van der Waals surface area contributed by atoms with Gasteiger partial charge in [0.05, 0.1) is 7.11 Å². The number of nitrogens with one attached hydrogen (secondary N) is 1. The maximum absolute atomic E-state index is 13.6. The van der Waals surface area contributed by atoms with Gasteiger partial charge in [0, 0.05) is 25.9 Å². The third-order valence-corrected chi connectivity index (χ3v) is 5.67. The molecule has 0 saturated heterocycles. The van der Waals surface area contributed by atoms with Crippen molar-refractivity contribution >= 4 is 11.8 Å². The number of carbonyl (C=O) groups is 2. The Kier molecular flexibility index (Phi) is 9.47. The van der Waals surface area contributed by atoms with Crippen LogP contribution < -0.4 is 10.1 Å². The maximum atomic E-state index is 13.6. The van der Waals surface area contributed by atoms with E-state index in [1.807, 2.05) is 84.9 Å². The molecule has 0 aliphatic heterocycles. The Bertz CT molecular complexity index is 1050. The molecular weight excluding hydrogens is 424 g/mol. The molecule has 0 aliphatic rings. The van der Waals surface area contributed by atoms with Crippen molar-refractivity contribution in [1.29, 1.82) is 0 Å². The molecule has 176 valence electrons. The summed E-state index contributed by atoms with van der Waals surface area (Å²) in [4.78, 5) is 28.5. The summed E-state index contributed by atoms with van der Waals surface area (Å²) >= 11 is 0. The minimum absolute atomic E-state index is 0.0608. The average molecular weight is 457 g/mol. The van der Waals surface area contributed by atoms with Crippen molar-refractivity contribution in [2.45, 2.75) is 31.8 Å². The summed E-state index contributed by atoms with van der Waals surface area (Å²) in [7, 11) is 1.62. The van der Waals surface area contributed by atoms with E-state index < -0.39 is 6.04 Å². The van der Waals surface area contributed by atoms with E-state index in [1.54, 1.807) is 18.1 Å². The van der Waals surface area contributed by atoms with E-state index in [-0.39, 0.29) is 11.8 Å². The second kappa shape index (κ2) is 13.0. The van der Waals surface area contributed by atoms with E-state index in [0.717, 1.165) is 22.4 Å². The SMILES string of the molecule is C=CCNC(=O)C(Cc1ccccc1)N(Cc1ccc(OC)cc1)C(=O)CCc1ccccc1. The van der Waals surface area contributed by atoms with Gasteiger partial charge in [0.25, 0.3) is 0 Å². The van der Waals surface area contributed by atoms with Crippen molar-refractivity contribution in [2.75, 3.05) is 13.7 Å². The second-order valence-corrected chi connectivity index (χ2v) is 8.09. The number of amides is 2. The predicted molar refractivity (Wildman–Crippen MR) is 135 cm³/mol. The number of rotatable bonds is 12. The Labute approximate surface area is 202 Å². The smallest absolute Gasteiger partial charge is 0.243 e. The first kappa shape index (κ1) is 24.8. The number of carbonyl (C=O) groups excluding carboxylic acids is 2. The van der Waals surface area contributed by atoms with Gasteiger partial charge in [0.2, 0.25) is 11.8 Å². The zero-order valence-corrected chi connectivity index (χ0v) is 19.7. The topological polar surface area (TPSA) is 58.6 Å². The summed E-state index contributed by atoms with van der Waals surface area (Å²) in [5.41, 5.74) is 3.02. The molecule has 1 atom stereocenters. The van der Waals surface area contributed by atoms with Crippen LogP contribution in [0.4, 0.5) is 0 Å². The van der Waals surface area contributed by atoms with Crippen LogP contribution in [0.2, 0.25) is 0 Å². The highest BCUT2D eigenvalue weighted by molar-refractivity contribution is 5.88. The van der Waals surface area contributed by atoms with Crippen molar-refractivity contribution in [3.63, 3.8) is 0 Å². The minimum Gasteiger partial charge on any atom is -0.497 e. The lowest BCUT2D eigenvalue weighted by Crippen LogP contribution is -2.50. The monoisotopic (exact) mass is 456 g/mol. The molecule has 0 radical (unpaired) electrons. The molecule has 3 aromatic rings.